The van der Waals surface area contributed by atoms with Crippen LogP contribution in [0.1, 0.15) is 46.5 Å². The van der Waals surface area contributed by atoms with Gasteiger partial charge in [-0.05, 0) is 45.8 Å². The lowest BCUT2D eigenvalue weighted by Crippen LogP contribution is -2.37. The van der Waals surface area contributed by atoms with Crippen molar-refractivity contribution >= 4 is 14.5 Å². The summed E-state index contributed by atoms with van der Waals surface area (Å²) in [4.78, 5) is 2.44. The van der Waals surface area contributed by atoms with E-state index in [4.69, 9.17) is 3.79 Å². The van der Waals surface area contributed by atoms with Gasteiger partial charge in [0.15, 0.2) is 0 Å². The summed E-state index contributed by atoms with van der Waals surface area (Å²) in [5.74, 6) is 0.815. The second-order valence-corrected chi connectivity index (χ2v) is 8.35. The first-order chi connectivity index (χ1) is 8.17. The molecular formula is C14H30AlNO. The number of rotatable bonds is 7. The van der Waals surface area contributed by atoms with Gasteiger partial charge >= 0.3 is 14.5 Å². The molecule has 1 atom stereocenters. The standard InChI is InChI=1S/C8H16NO.2C3H7.Al/c1-7(10)8-3-5-9(2)6-4-8;2*1-3-2;/h7-8H,3-6H2,1-2H3;2*1,3H2,2H3;/q-1;;;+1. The second-order valence-electron chi connectivity index (χ2n) is 5.68. The van der Waals surface area contributed by atoms with Crippen molar-refractivity contribution in [2.45, 2.75) is 63.1 Å². The summed E-state index contributed by atoms with van der Waals surface area (Å²) in [6, 6.07) is 0. The highest BCUT2D eigenvalue weighted by molar-refractivity contribution is 6.51. The van der Waals surface area contributed by atoms with Gasteiger partial charge in [0.25, 0.3) is 0 Å². The topological polar surface area (TPSA) is 12.5 Å². The molecule has 0 aliphatic carbocycles. The number of likely N-dealkylation sites (tertiary alicyclic amines) is 1. The van der Waals surface area contributed by atoms with Gasteiger partial charge in [-0.25, -0.2) is 0 Å². The van der Waals surface area contributed by atoms with Crippen LogP contribution >= 0.6 is 0 Å². The lowest BCUT2D eigenvalue weighted by molar-refractivity contribution is 0.0955. The first-order valence-corrected chi connectivity index (χ1v) is 9.61. The Balaban J connectivity index is 2.32. The first-order valence-electron chi connectivity index (χ1n) is 7.51. The maximum atomic E-state index is 6.43. The fourth-order valence-electron chi connectivity index (χ4n) is 2.84. The molecule has 0 aromatic heterocycles. The smallest absolute Gasteiger partial charge is 0.460 e. The van der Waals surface area contributed by atoms with E-state index >= 15 is 0 Å². The normalized spacial score (nSPS) is 20.5. The van der Waals surface area contributed by atoms with Crippen LogP contribution in [-0.2, 0) is 3.79 Å². The highest BCUT2D eigenvalue weighted by Crippen LogP contribution is 2.23. The molecule has 0 aromatic rings. The van der Waals surface area contributed by atoms with Gasteiger partial charge in [-0.1, -0.05) is 37.3 Å². The van der Waals surface area contributed by atoms with E-state index in [2.05, 4.69) is 32.7 Å². The van der Waals surface area contributed by atoms with E-state index in [1.807, 2.05) is 0 Å². The highest BCUT2D eigenvalue weighted by atomic mass is 27.2. The predicted molar refractivity (Wildman–Crippen MR) is 76.7 cm³/mol. The summed E-state index contributed by atoms with van der Waals surface area (Å²) in [6.07, 6.45) is 5.78. The second kappa shape index (κ2) is 8.54. The molecule has 0 radical (unpaired) electrons. The molecule has 1 rings (SSSR count). The molecule has 0 spiro atoms. The van der Waals surface area contributed by atoms with Gasteiger partial charge in [0, 0.05) is 6.10 Å². The SMILES string of the molecule is CC[CH2][Al]([CH2]CC)[O]C(C)C1CCN(C)CC1. The van der Waals surface area contributed by atoms with Gasteiger partial charge in [-0.15, -0.1) is 0 Å². The lowest BCUT2D eigenvalue weighted by atomic mass is 9.92. The van der Waals surface area contributed by atoms with Crippen LogP contribution in [-0.4, -0.2) is 45.6 Å². The Hall–Kier alpha value is 0.452. The van der Waals surface area contributed by atoms with Crippen molar-refractivity contribution in [2.75, 3.05) is 20.1 Å². The lowest BCUT2D eigenvalue weighted by Gasteiger charge is -2.34. The molecule has 0 N–H and O–H groups in total. The summed E-state index contributed by atoms with van der Waals surface area (Å²) in [7, 11) is 2.23. The molecule has 1 unspecified atom stereocenters. The van der Waals surface area contributed by atoms with E-state index in [0.717, 1.165) is 5.92 Å². The minimum atomic E-state index is -0.892. The zero-order valence-electron chi connectivity index (χ0n) is 12.2. The maximum Gasteiger partial charge on any atom is 0.460 e. The van der Waals surface area contributed by atoms with Crippen molar-refractivity contribution in [3.63, 3.8) is 0 Å². The Kier molecular flexibility index (Phi) is 7.79. The van der Waals surface area contributed by atoms with Crippen LogP contribution in [0.15, 0.2) is 0 Å². The Morgan fingerprint density at radius 3 is 2.18 bits per heavy atom. The zero-order chi connectivity index (χ0) is 12.7. The van der Waals surface area contributed by atoms with E-state index in [1.54, 1.807) is 0 Å². The molecule has 3 heteroatoms. The fourth-order valence-corrected chi connectivity index (χ4v) is 5.52. The molecule has 0 bridgehead atoms. The van der Waals surface area contributed by atoms with E-state index in [-0.39, 0.29) is 0 Å². The summed E-state index contributed by atoms with van der Waals surface area (Å²) in [5, 5.41) is 2.73. The minimum absolute atomic E-state index is 0.512. The van der Waals surface area contributed by atoms with E-state index in [1.165, 1.54) is 49.3 Å². The predicted octanol–water partition coefficient (Wildman–Crippen LogP) is 3.54. The molecule has 0 amide bonds. The Morgan fingerprint density at radius 1 is 1.18 bits per heavy atom. The molecule has 17 heavy (non-hydrogen) atoms. The molecule has 1 saturated heterocycles. The van der Waals surface area contributed by atoms with Gasteiger partial charge in [0.05, 0.1) is 0 Å². The minimum Gasteiger partial charge on any atom is -0.498 e. The Labute approximate surface area is 112 Å². The number of hydrogen-bond donors (Lipinski definition) is 0. The number of nitrogens with zero attached hydrogens (tertiary/aromatic N) is 1. The van der Waals surface area contributed by atoms with Crippen LogP contribution in [0, 0.1) is 5.92 Å². The average Bonchev–Trinajstić information content (AvgIpc) is 2.30. The van der Waals surface area contributed by atoms with Crippen LogP contribution in [0.5, 0.6) is 0 Å². The highest BCUT2D eigenvalue weighted by Gasteiger charge is 2.27. The number of piperidine rings is 1. The molecule has 0 saturated carbocycles. The third-order valence-corrected chi connectivity index (χ3v) is 7.31. The van der Waals surface area contributed by atoms with Crippen LogP contribution < -0.4 is 0 Å². The van der Waals surface area contributed by atoms with Crippen molar-refractivity contribution in [1.82, 2.24) is 4.90 Å². The van der Waals surface area contributed by atoms with Crippen LogP contribution in [0.2, 0.25) is 10.6 Å². The third kappa shape index (κ3) is 5.75. The average molecular weight is 255 g/mol. The van der Waals surface area contributed by atoms with Crippen molar-refractivity contribution < 1.29 is 3.79 Å². The summed E-state index contributed by atoms with van der Waals surface area (Å²) in [6.45, 7) is 9.41. The molecule has 1 heterocycles. The fraction of sp³-hybridized carbons (Fsp3) is 1.00. The van der Waals surface area contributed by atoms with Crippen molar-refractivity contribution in [1.29, 1.82) is 0 Å². The molecule has 1 fully saturated rings. The number of hydrogen-bond acceptors (Lipinski definition) is 2. The summed E-state index contributed by atoms with van der Waals surface area (Å²) >= 11 is -0.892. The largest absolute Gasteiger partial charge is 0.498 e. The third-order valence-electron chi connectivity index (χ3n) is 4.06. The van der Waals surface area contributed by atoms with Gasteiger partial charge in [0.1, 0.15) is 0 Å². The van der Waals surface area contributed by atoms with E-state index < -0.39 is 14.5 Å². The Morgan fingerprint density at radius 2 is 1.71 bits per heavy atom. The van der Waals surface area contributed by atoms with E-state index in [9.17, 15) is 0 Å². The zero-order valence-corrected chi connectivity index (χ0v) is 13.4. The quantitative estimate of drug-likeness (QED) is 0.645. The Bertz CT molecular complexity index is 187. The van der Waals surface area contributed by atoms with E-state index in [0.29, 0.717) is 6.10 Å². The molecule has 1 aliphatic rings. The van der Waals surface area contributed by atoms with Crippen LogP contribution in [0.4, 0.5) is 0 Å². The van der Waals surface area contributed by atoms with Gasteiger partial charge in [0.2, 0.25) is 0 Å². The van der Waals surface area contributed by atoms with Gasteiger partial charge in [-0.2, -0.15) is 0 Å². The maximum absolute atomic E-state index is 6.43. The van der Waals surface area contributed by atoms with Crippen LogP contribution in [0.25, 0.3) is 0 Å². The first kappa shape index (κ1) is 15.5. The molecule has 1 aliphatic heterocycles. The van der Waals surface area contributed by atoms with Crippen molar-refractivity contribution in [3.8, 4) is 0 Å². The van der Waals surface area contributed by atoms with Crippen molar-refractivity contribution in [3.05, 3.63) is 0 Å². The monoisotopic (exact) mass is 255 g/mol. The molecular weight excluding hydrogens is 225 g/mol. The molecule has 100 valence electrons. The van der Waals surface area contributed by atoms with Crippen molar-refractivity contribution in [2.24, 2.45) is 5.92 Å². The van der Waals surface area contributed by atoms with Gasteiger partial charge < -0.3 is 8.69 Å². The molecule has 0 aromatic carbocycles. The van der Waals surface area contributed by atoms with Gasteiger partial charge in [-0.3, -0.25) is 0 Å². The molecule has 2 nitrogen and oxygen atoms in total. The summed E-state index contributed by atoms with van der Waals surface area (Å²) < 4.78 is 6.43. The van der Waals surface area contributed by atoms with Crippen LogP contribution in [0.3, 0.4) is 0 Å². The summed E-state index contributed by atoms with van der Waals surface area (Å²) in [5.41, 5.74) is 0.